The molecule has 0 saturated carbocycles. The van der Waals surface area contributed by atoms with E-state index in [2.05, 4.69) is 57.0 Å². The Balaban J connectivity index is 0.779. The quantitative estimate of drug-likeness (QED) is 0.102. The van der Waals surface area contributed by atoms with Crippen LogP contribution in [-0.2, 0) is 21.6 Å². The number of halogens is 1. The third-order valence-electron chi connectivity index (χ3n) is 14.0. The Morgan fingerprint density at radius 3 is 2.41 bits per heavy atom. The Labute approximate surface area is 374 Å². The number of anilines is 2. The van der Waals surface area contributed by atoms with Crippen molar-refractivity contribution in [2.75, 3.05) is 55.6 Å². The highest BCUT2D eigenvalue weighted by Gasteiger charge is 2.41. The Hall–Kier alpha value is -5.84. The zero-order valence-corrected chi connectivity index (χ0v) is 37.1. The number of imide groups is 2. The van der Waals surface area contributed by atoms with E-state index in [1.54, 1.807) is 19.1 Å². The number of amides is 4. The average Bonchev–Trinajstić information content (AvgIpc) is 3.86. The third-order valence-corrected chi connectivity index (χ3v) is 14.2. The second kappa shape index (κ2) is 18.5. The second-order valence-corrected chi connectivity index (χ2v) is 18.7. The lowest BCUT2D eigenvalue weighted by Crippen LogP contribution is -2.47. The largest absolute Gasteiger partial charge is 0.487 e. The van der Waals surface area contributed by atoms with Crippen LogP contribution in [0.4, 0.5) is 11.6 Å². The van der Waals surface area contributed by atoms with Crippen LogP contribution in [0.25, 0.3) is 0 Å². The van der Waals surface area contributed by atoms with Gasteiger partial charge in [0, 0.05) is 67.5 Å². The molecule has 1 spiro atoms. The van der Waals surface area contributed by atoms with Crippen molar-refractivity contribution < 1.29 is 23.9 Å². The molecule has 2 unspecified atom stereocenters. The topological polar surface area (TPSA) is 152 Å². The molecule has 3 saturated heterocycles. The van der Waals surface area contributed by atoms with Crippen molar-refractivity contribution in [2.24, 2.45) is 11.3 Å². The van der Waals surface area contributed by atoms with Crippen LogP contribution in [-0.4, -0.2) is 95.8 Å². The lowest BCUT2D eigenvalue weighted by Gasteiger charge is -2.47. The number of nitriles is 1. The van der Waals surface area contributed by atoms with E-state index in [1.807, 2.05) is 48.7 Å². The minimum atomic E-state index is -0.468. The molecule has 0 aliphatic carbocycles. The molecule has 1 N–H and O–H groups in total. The monoisotopic (exact) mass is 870 g/mol. The molecule has 4 aliphatic heterocycles. The number of hydrogen-bond donors (Lipinski definition) is 1. The van der Waals surface area contributed by atoms with E-state index >= 15 is 0 Å². The van der Waals surface area contributed by atoms with E-state index in [4.69, 9.17) is 21.3 Å². The number of rotatable bonds is 14. The number of piperidine rings is 2. The summed E-state index contributed by atoms with van der Waals surface area (Å²) in [5.41, 5.74) is 5.20. The van der Waals surface area contributed by atoms with E-state index in [1.165, 1.54) is 17.7 Å². The van der Waals surface area contributed by atoms with Crippen LogP contribution in [0, 0.1) is 22.7 Å². The number of benzene rings is 3. The van der Waals surface area contributed by atoms with E-state index in [9.17, 15) is 24.4 Å². The molecule has 13 nitrogen and oxygen atoms in total. The maximum Gasteiger partial charge on any atom is 0.261 e. The average molecular weight is 871 g/mol. The van der Waals surface area contributed by atoms with Crippen LogP contribution < -0.4 is 19.9 Å². The highest BCUT2D eigenvalue weighted by atomic mass is 35.5. The number of carbonyl (C=O) groups excluding carboxylic acids is 4. The molecule has 8 rings (SSSR count). The molecule has 5 heterocycles. The molecule has 4 aliphatic rings. The molecule has 63 heavy (non-hydrogen) atoms. The molecule has 3 aromatic carbocycles. The Kier molecular flexibility index (Phi) is 12.8. The summed E-state index contributed by atoms with van der Waals surface area (Å²) in [6.07, 6.45) is 8.17. The van der Waals surface area contributed by atoms with Crippen molar-refractivity contribution in [3.05, 3.63) is 111 Å². The minimum Gasteiger partial charge on any atom is -0.487 e. The molecule has 328 valence electrons. The van der Waals surface area contributed by atoms with E-state index in [0.717, 1.165) is 99.3 Å². The summed E-state index contributed by atoms with van der Waals surface area (Å²) in [7, 11) is 0. The van der Waals surface area contributed by atoms with Crippen LogP contribution in [0.3, 0.4) is 0 Å². The summed E-state index contributed by atoms with van der Waals surface area (Å²) in [5, 5.41) is 12.1. The van der Waals surface area contributed by atoms with E-state index < -0.39 is 11.9 Å². The molecular formula is C49H55ClN8O5. The normalized spacial score (nSPS) is 19.2. The number of nitrogens with zero attached hydrogens (tertiary/aromatic N) is 7. The fourth-order valence-corrected chi connectivity index (χ4v) is 10.1. The first-order valence-electron chi connectivity index (χ1n) is 22.1. The van der Waals surface area contributed by atoms with Gasteiger partial charge in [0.05, 0.1) is 28.5 Å². The highest BCUT2D eigenvalue weighted by molar-refractivity contribution is 6.30. The zero-order valence-electron chi connectivity index (χ0n) is 36.3. The lowest BCUT2D eigenvalue weighted by molar-refractivity contribution is -0.125. The van der Waals surface area contributed by atoms with Gasteiger partial charge in [-0.05, 0) is 136 Å². The fourth-order valence-electron chi connectivity index (χ4n) is 9.85. The number of ether oxygens (including phenoxy) is 1. The van der Waals surface area contributed by atoms with Crippen LogP contribution in [0.5, 0.6) is 5.75 Å². The first-order valence-corrected chi connectivity index (χ1v) is 22.5. The van der Waals surface area contributed by atoms with Crippen LogP contribution in [0.1, 0.15) is 109 Å². The maximum absolute atomic E-state index is 13.4. The molecule has 0 bridgehead atoms. The first kappa shape index (κ1) is 43.8. The number of carbonyl (C=O) groups is 4. The van der Waals surface area contributed by atoms with Gasteiger partial charge in [0.2, 0.25) is 18.3 Å². The smallest absolute Gasteiger partial charge is 0.261 e. The van der Waals surface area contributed by atoms with Gasteiger partial charge in [-0.3, -0.25) is 29.4 Å². The summed E-state index contributed by atoms with van der Waals surface area (Å²) < 4.78 is 6.16. The third kappa shape index (κ3) is 9.58. The molecule has 14 heteroatoms. The van der Waals surface area contributed by atoms with Crippen molar-refractivity contribution in [2.45, 2.75) is 83.8 Å². The van der Waals surface area contributed by atoms with Crippen molar-refractivity contribution in [1.82, 2.24) is 25.1 Å². The number of hydrogen-bond acceptors (Lipinski definition) is 11. The van der Waals surface area contributed by atoms with Gasteiger partial charge >= 0.3 is 0 Å². The number of likely N-dealkylation sites (tertiary alicyclic amines) is 1. The number of nitrogens with one attached hydrogen (secondary N) is 1. The summed E-state index contributed by atoms with van der Waals surface area (Å²) in [6.45, 7) is 13.3. The van der Waals surface area contributed by atoms with Gasteiger partial charge in [0.25, 0.3) is 11.8 Å². The van der Waals surface area contributed by atoms with Crippen LogP contribution >= 0.6 is 11.6 Å². The van der Waals surface area contributed by atoms with Crippen molar-refractivity contribution >= 4 is 47.4 Å². The first-order chi connectivity index (χ1) is 30.3. The number of aromatic nitrogens is 2. The van der Waals surface area contributed by atoms with Gasteiger partial charge in [-0.2, -0.15) is 5.26 Å². The van der Waals surface area contributed by atoms with Gasteiger partial charge in [-0.1, -0.05) is 37.6 Å². The Bertz CT molecular complexity index is 2400. The van der Waals surface area contributed by atoms with E-state index in [-0.39, 0.29) is 30.1 Å². The van der Waals surface area contributed by atoms with Crippen molar-refractivity contribution in [3.8, 4) is 11.8 Å². The molecule has 4 amide bonds. The zero-order chi connectivity index (χ0) is 44.3. The van der Waals surface area contributed by atoms with Gasteiger partial charge in [0.15, 0.2) is 0 Å². The highest BCUT2D eigenvalue weighted by Crippen LogP contribution is 2.43. The standard InChI is InChI=1S/C49H55ClN8O5/c1-33(4-11-44(60)53-32-59)58-45(61)42-10-7-40(27-43(42)46(58)62)56-22-16-49(17-23-56)14-20-55(21-15-49)29-34-13-19-57(30-34)47-52-18-12-39(54-47)31-63-41-8-5-36(6-9-41)48(2,3)37-24-35(28-51)25-38(50)26-37/h5-10,12,18,24-27,32-34H,4,11,13-17,19-23,29-31H2,1-3H3,(H,53,59,60). The molecule has 2 atom stereocenters. The summed E-state index contributed by atoms with van der Waals surface area (Å²) in [6, 6.07) is 22.8. The lowest BCUT2D eigenvalue weighted by atomic mass is 9.71. The number of fused-ring (bicyclic) bond motifs is 1. The van der Waals surface area contributed by atoms with Gasteiger partial charge in [-0.25, -0.2) is 9.97 Å². The second-order valence-electron chi connectivity index (χ2n) is 18.3. The minimum absolute atomic E-state index is 0.0481. The molecule has 1 aromatic heterocycles. The SMILES string of the molecule is CC(CCC(=O)NC=O)N1C(=O)c2ccc(N3CCC4(CCN(CC5CCN(c6nccc(COc7ccc(C(C)(C)c8cc(Cl)cc(C#N)c8)cc7)n6)C5)CC4)CC3)cc2C1=O. The fraction of sp³-hybridized carbons (Fsp3) is 0.449. The van der Waals surface area contributed by atoms with E-state index in [0.29, 0.717) is 46.1 Å². The maximum atomic E-state index is 13.4. The molecule has 0 radical (unpaired) electrons. The van der Waals surface area contributed by atoms with Gasteiger partial charge in [0.1, 0.15) is 12.4 Å². The Morgan fingerprint density at radius 2 is 1.68 bits per heavy atom. The van der Waals surface area contributed by atoms with Gasteiger partial charge < -0.3 is 19.4 Å². The molecule has 4 aromatic rings. The molecule has 3 fully saturated rings. The summed E-state index contributed by atoms with van der Waals surface area (Å²) in [5.74, 6) is 0.962. The summed E-state index contributed by atoms with van der Waals surface area (Å²) in [4.78, 5) is 67.0. The van der Waals surface area contributed by atoms with Crippen LogP contribution in [0.15, 0.2) is 72.9 Å². The predicted molar refractivity (Wildman–Crippen MR) is 241 cm³/mol. The van der Waals surface area contributed by atoms with Crippen molar-refractivity contribution in [3.63, 3.8) is 0 Å². The van der Waals surface area contributed by atoms with Crippen molar-refractivity contribution in [1.29, 1.82) is 5.26 Å². The predicted octanol–water partition coefficient (Wildman–Crippen LogP) is 7.15. The van der Waals surface area contributed by atoms with Crippen LogP contribution in [0.2, 0.25) is 5.02 Å². The molecular weight excluding hydrogens is 816 g/mol. The Morgan fingerprint density at radius 1 is 0.952 bits per heavy atom. The summed E-state index contributed by atoms with van der Waals surface area (Å²) >= 11 is 6.31. The van der Waals surface area contributed by atoms with Gasteiger partial charge in [-0.15, -0.1) is 0 Å².